The van der Waals surface area contributed by atoms with Gasteiger partial charge in [-0.05, 0) is 86.3 Å². The SMILES string of the molecule is C=Cc1ccnc(C2CCN(C)CC2)c1.CNc1cc2cc(/C(C)=C/N(C)NC)ccc2cn1. The number of pyridine rings is 2. The highest BCUT2D eigenvalue weighted by Crippen LogP contribution is 2.26. The van der Waals surface area contributed by atoms with Crippen molar-refractivity contribution < 1.29 is 0 Å². The molecule has 0 spiro atoms. The van der Waals surface area contributed by atoms with Crippen LogP contribution in [0, 0.1) is 0 Å². The Kier molecular flexibility index (Phi) is 9.19. The van der Waals surface area contributed by atoms with E-state index in [1.807, 2.05) is 50.7 Å². The molecule has 0 aliphatic carbocycles. The van der Waals surface area contributed by atoms with Crippen molar-refractivity contribution in [3.63, 3.8) is 0 Å². The minimum Gasteiger partial charge on any atom is -0.373 e. The van der Waals surface area contributed by atoms with E-state index in [1.54, 1.807) is 0 Å². The van der Waals surface area contributed by atoms with Crippen LogP contribution in [-0.2, 0) is 0 Å². The van der Waals surface area contributed by atoms with Crippen molar-refractivity contribution in [3.05, 3.63) is 78.4 Å². The first kappa shape index (κ1) is 25.4. The van der Waals surface area contributed by atoms with E-state index in [-0.39, 0.29) is 0 Å². The second kappa shape index (κ2) is 12.3. The van der Waals surface area contributed by atoms with Crippen molar-refractivity contribution in [1.29, 1.82) is 0 Å². The van der Waals surface area contributed by atoms with Gasteiger partial charge in [-0.1, -0.05) is 24.8 Å². The maximum absolute atomic E-state index is 4.47. The molecule has 0 amide bonds. The molecule has 0 radical (unpaired) electrons. The van der Waals surface area contributed by atoms with Gasteiger partial charge in [0, 0.05) is 56.7 Å². The highest BCUT2D eigenvalue weighted by molar-refractivity contribution is 5.87. The molecular formula is C28H38N6. The topological polar surface area (TPSA) is 56.3 Å². The molecular weight excluding hydrogens is 420 g/mol. The number of allylic oxidation sites excluding steroid dienone is 1. The molecule has 180 valence electrons. The van der Waals surface area contributed by atoms with Gasteiger partial charge < -0.3 is 15.2 Å². The van der Waals surface area contributed by atoms with Gasteiger partial charge in [-0.2, -0.15) is 0 Å². The third kappa shape index (κ3) is 6.89. The Bertz CT molecular complexity index is 1110. The maximum atomic E-state index is 4.47. The zero-order valence-electron chi connectivity index (χ0n) is 21.2. The molecule has 6 nitrogen and oxygen atoms in total. The molecule has 2 aromatic heterocycles. The Morgan fingerprint density at radius 3 is 2.53 bits per heavy atom. The number of nitrogens with zero attached hydrogens (tertiary/aromatic N) is 4. The molecule has 1 aromatic carbocycles. The highest BCUT2D eigenvalue weighted by Gasteiger charge is 2.19. The lowest BCUT2D eigenvalue weighted by Gasteiger charge is -2.28. The first-order valence-corrected chi connectivity index (χ1v) is 11.9. The van der Waals surface area contributed by atoms with Crippen molar-refractivity contribution in [2.45, 2.75) is 25.7 Å². The molecule has 1 aliphatic rings. The molecule has 0 saturated carbocycles. The molecule has 3 aromatic rings. The highest BCUT2D eigenvalue weighted by atomic mass is 15.5. The molecule has 2 N–H and O–H groups in total. The van der Waals surface area contributed by atoms with E-state index < -0.39 is 0 Å². The van der Waals surface area contributed by atoms with Crippen LogP contribution < -0.4 is 10.7 Å². The summed E-state index contributed by atoms with van der Waals surface area (Å²) in [6, 6.07) is 12.7. The Balaban J connectivity index is 0.000000196. The van der Waals surface area contributed by atoms with E-state index in [0.29, 0.717) is 5.92 Å². The van der Waals surface area contributed by atoms with Gasteiger partial charge in [0.15, 0.2) is 0 Å². The maximum Gasteiger partial charge on any atom is 0.126 e. The van der Waals surface area contributed by atoms with Crippen LogP contribution in [0.4, 0.5) is 5.82 Å². The Morgan fingerprint density at radius 1 is 1.09 bits per heavy atom. The van der Waals surface area contributed by atoms with Gasteiger partial charge in [0.1, 0.15) is 5.82 Å². The van der Waals surface area contributed by atoms with Gasteiger partial charge in [-0.25, -0.2) is 10.4 Å². The molecule has 0 unspecified atom stereocenters. The zero-order chi connectivity index (χ0) is 24.5. The lowest BCUT2D eigenvalue weighted by Crippen LogP contribution is -2.29. The molecule has 0 bridgehead atoms. The fourth-order valence-electron chi connectivity index (χ4n) is 4.07. The van der Waals surface area contributed by atoms with Gasteiger partial charge in [0.05, 0.1) is 0 Å². The number of fused-ring (bicyclic) bond motifs is 1. The fourth-order valence-corrected chi connectivity index (χ4v) is 4.07. The third-order valence-electron chi connectivity index (χ3n) is 6.35. The summed E-state index contributed by atoms with van der Waals surface area (Å²) in [6.45, 7) is 8.27. The van der Waals surface area contributed by atoms with Crippen molar-refractivity contribution in [2.24, 2.45) is 0 Å². The van der Waals surface area contributed by atoms with Gasteiger partial charge in [-0.3, -0.25) is 4.98 Å². The summed E-state index contributed by atoms with van der Waals surface area (Å²) in [5, 5.41) is 7.34. The summed E-state index contributed by atoms with van der Waals surface area (Å²) in [4.78, 5) is 11.2. The Morgan fingerprint density at radius 2 is 1.85 bits per heavy atom. The third-order valence-corrected chi connectivity index (χ3v) is 6.35. The number of nitrogens with one attached hydrogen (secondary N) is 2. The van der Waals surface area contributed by atoms with Crippen LogP contribution in [0.5, 0.6) is 0 Å². The van der Waals surface area contributed by atoms with Crippen LogP contribution in [0.1, 0.15) is 42.5 Å². The normalized spacial score (nSPS) is 14.9. The van der Waals surface area contributed by atoms with Crippen LogP contribution in [0.3, 0.4) is 0 Å². The minimum absolute atomic E-state index is 0.640. The van der Waals surface area contributed by atoms with E-state index in [4.69, 9.17) is 0 Å². The number of piperidine rings is 1. The molecule has 1 aliphatic heterocycles. The largest absolute Gasteiger partial charge is 0.373 e. The number of hydrazine groups is 1. The quantitative estimate of drug-likeness (QED) is 0.493. The number of anilines is 1. The zero-order valence-corrected chi connectivity index (χ0v) is 21.2. The van der Waals surface area contributed by atoms with Crippen molar-refractivity contribution in [2.75, 3.05) is 46.6 Å². The summed E-state index contributed by atoms with van der Waals surface area (Å²) in [5.74, 6) is 1.53. The molecule has 1 fully saturated rings. The second-order valence-electron chi connectivity index (χ2n) is 8.82. The predicted octanol–water partition coefficient (Wildman–Crippen LogP) is 5.24. The standard InChI is InChI=1S/C15H20N4.C13H18N2/c1-11(10-19(4)17-3)12-5-6-13-9-18-15(16-2)8-14(13)7-12;1-3-11-4-7-14-13(10-11)12-5-8-15(2)9-6-12/h5-10,17H,1-4H3,(H,16,18);3-4,7,10,12H,1,5-6,8-9H2,2H3/b11-10+;. The van der Waals surface area contributed by atoms with Gasteiger partial charge in [0.25, 0.3) is 0 Å². The molecule has 6 heteroatoms. The summed E-state index contributed by atoms with van der Waals surface area (Å²) in [5.41, 5.74) is 7.89. The van der Waals surface area contributed by atoms with E-state index in [9.17, 15) is 0 Å². The number of hydrogen-bond donors (Lipinski definition) is 2. The average Bonchev–Trinajstić information content (AvgIpc) is 2.88. The summed E-state index contributed by atoms with van der Waals surface area (Å²) in [6.07, 6.45) is 10.2. The molecule has 0 atom stereocenters. The Labute approximate surface area is 204 Å². The summed E-state index contributed by atoms with van der Waals surface area (Å²) < 4.78 is 0. The number of aromatic nitrogens is 2. The number of likely N-dealkylation sites (tertiary alicyclic amines) is 1. The fraction of sp³-hybridized carbons (Fsp3) is 0.357. The lowest BCUT2D eigenvalue weighted by molar-refractivity contribution is 0.253. The minimum atomic E-state index is 0.640. The van der Waals surface area contributed by atoms with Gasteiger partial charge >= 0.3 is 0 Å². The predicted molar refractivity (Wildman–Crippen MR) is 146 cm³/mol. The van der Waals surface area contributed by atoms with Crippen molar-refractivity contribution >= 4 is 28.2 Å². The number of hydrogen-bond acceptors (Lipinski definition) is 6. The van der Waals surface area contributed by atoms with Crippen LogP contribution in [0.25, 0.3) is 22.4 Å². The smallest absolute Gasteiger partial charge is 0.126 e. The number of rotatable bonds is 6. The monoisotopic (exact) mass is 458 g/mol. The average molecular weight is 459 g/mol. The van der Waals surface area contributed by atoms with E-state index in [1.165, 1.54) is 53.7 Å². The second-order valence-corrected chi connectivity index (χ2v) is 8.82. The van der Waals surface area contributed by atoms with Crippen molar-refractivity contribution in [3.8, 4) is 0 Å². The number of benzene rings is 1. The summed E-state index contributed by atoms with van der Waals surface area (Å²) in [7, 11) is 7.94. The van der Waals surface area contributed by atoms with E-state index in [2.05, 4.69) is 82.7 Å². The van der Waals surface area contributed by atoms with Crippen LogP contribution in [0.2, 0.25) is 0 Å². The van der Waals surface area contributed by atoms with Crippen LogP contribution >= 0.6 is 0 Å². The van der Waals surface area contributed by atoms with E-state index in [0.717, 1.165) is 11.2 Å². The molecule has 4 rings (SSSR count). The first-order chi connectivity index (χ1) is 16.4. The van der Waals surface area contributed by atoms with E-state index >= 15 is 0 Å². The molecule has 3 heterocycles. The Hall–Kier alpha value is -3.22. The first-order valence-electron chi connectivity index (χ1n) is 11.9. The molecule has 1 saturated heterocycles. The van der Waals surface area contributed by atoms with Crippen molar-refractivity contribution in [1.82, 2.24) is 25.3 Å². The molecule has 34 heavy (non-hydrogen) atoms. The van der Waals surface area contributed by atoms with Crippen LogP contribution in [-0.4, -0.2) is 61.2 Å². The summed E-state index contributed by atoms with van der Waals surface area (Å²) >= 11 is 0. The van der Waals surface area contributed by atoms with Gasteiger partial charge in [-0.15, -0.1) is 0 Å². The van der Waals surface area contributed by atoms with Gasteiger partial charge in [0.2, 0.25) is 0 Å². The van der Waals surface area contributed by atoms with Crippen LogP contribution in [0.15, 0.2) is 61.6 Å². The lowest BCUT2D eigenvalue weighted by atomic mass is 9.92.